The third kappa shape index (κ3) is 3.43. The Morgan fingerprint density at radius 3 is 2.77 bits per heavy atom. The first-order valence-electron chi connectivity index (χ1n) is 8.15. The van der Waals surface area contributed by atoms with Crippen molar-refractivity contribution in [1.82, 2.24) is 4.90 Å². The molecule has 1 atom stereocenters. The Balaban J connectivity index is 2.18. The highest BCUT2D eigenvalue weighted by molar-refractivity contribution is 5.91. The zero-order valence-electron chi connectivity index (χ0n) is 14.1. The Kier molecular flexibility index (Phi) is 5.12. The van der Waals surface area contributed by atoms with Gasteiger partial charge in [0.25, 0.3) is 0 Å². The average Bonchev–Trinajstić information content (AvgIpc) is 2.86. The maximum atomic E-state index is 12.7. The molecule has 1 aliphatic rings. The summed E-state index contributed by atoms with van der Waals surface area (Å²) in [7, 11) is 0. The lowest BCUT2D eigenvalue weighted by Gasteiger charge is -2.38. The van der Waals surface area contributed by atoms with Crippen molar-refractivity contribution in [1.29, 1.82) is 0 Å². The van der Waals surface area contributed by atoms with Crippen LogP contribution in [-0.4, -0.2) is 34.7 Å². The van der Waals surface area contributed by atoms with Crippen LogP contribution in [0.3, 0.4) is 0 Å². The molecule has 122 valence electrons. The minimum atomic E-state index is -0.407. The van der Waals surface area contributed by atoms with Gasteiger partial charge in [-0.3, -0.25) is 0 Å². The number of aliphatic hydroxyl groups is 1. The van der Waals surface area contributed by atoms with E-state index < -0.39 is 5.54 Å². The Bertz CT molecular complexity index is 542. The van der Waals surface area contributed by atoms with Gasteiger partial charge in [0.1, 0.15) is 0 Å². The number of rotatable bonds is 4. The van der Waals surface area contributed by atoms with Crippen LogP contribution in [0.25, 0.3) is 0 Å². The maximum Gasteiger partial charge on any atom is 0.322 e. The molecule has 2 rings (SSSR count). The maximum absolute atomic E-state index is 12.7. The van der Waals surface area contributed by atoms with Crippen LogP contribution < -0.4 is 5.32 Å². The van der Waals surface area contributed by atoms with Crippen LogP contribution in [0.4, 0.5) is 10.5 Å². The molecule has 1 unspecified atom stereocenters. The van der Waals surface area contributed by atoms with Gasteiger partial charge in [-0.2, -0.15) is 0 Å². The highest BCUT2D eigenvalue weighted by Crippen LogP contribution is 2.35. The van der Waals surface area contributed by atoms with Crippen molar-refractivity contribution in [3.8, 4) is 0 Å². The number of likely N-dealkylation sites (tertiary alicyclic amines) is 1. The number of nitrogens with one attached hydrogen (secondary N) is 1. The van der Waals surface area contributed by atoms with E-state index in [0.29, 0.717) is 12.5 Å². The molecule has 0 saturated carbocycles. The van der Waals surface area contributed by atoms with Crippen molar-refractivity contribution < 1.29 is 9.90 Å². The van der Waals surface area contributed by atoms with Gasteiger partial charge in [-0.1, -0.05) is 26.0 Å². The number of urea groups is 1. The van der Waals surface area contributed by atoms with Gasteiger partial charge in [0.05, 0.1) is 12.1 Å². The van der Waals surface area contributed by atoms with E-state index in [-0.39, 0.29) is 12.6 Å². The summed E-state index contributed by atoms with van der Waals surface area (Å²) in [6, 6.07) is 5.95. The van der Waals surface area contributed by atoms with Gasteiger partial charge in [-0.15, -0.1) is 0 Å². The van der Waals surface area contributed by atoms with Crippen molar-refractivity contribution in [2.75, 3.05) is 18.5 Å². The molecule has 1 aromatic rings. The fraction of sp³-hybridized carbons (Fsp3) is 0.611. The minimum Gasteiger partial charge on any atom is -0.394 e. The monoisotopic (exact) mass is 304 g/mol. The van der Waals surface area contributed by atoms with Gasteiger partial charge in [-0.25, -0.2) is 4.79 Å². The largest absolute Gasteiger partial charge is 0.394 e. The van der Waals surface area contributed by atoms with Crippen LogP contribution in [-0.2, 0) is 0 Å². The van der Waals surface area contributed by atoms with E-state index in [1.165, 1.54) is 0 Å². The first-order chi connectivity index (χ1) is 10.4. The van der Waals surface area contributed by atoms with Gasteiger partial charge in [0, 0.05) is 12.2 Å². The van der Waals surface area contributed by atoms with E-state index in [1.54, 1.807) is 0 Å². The molecule has 0 radical (unpaired) electrons. The molecule has 4 heteroatoms. The fourth-order valence-corrected chi connectivity index (χ4v) is 3.51. The number of aliphatic hydroxyl groups excluding tert-OH is 1. The second-order valence-electron chi connectivity index (χ2n) is 6.98. The van der Waals surface area contributed by atoms with Gasteiger partial charge in [0.15, 0.2) is 0 Å². The third-order valence-corrected chi connectivity index (χ3v) is 4.56. The molecule has 0 bridgehead atoms. The number of hydrogen-bond acceptors (Lipinski definition) is 2. The summed E-state index contributed by atoms with van der Waals surface area (Å²) in [5.41, 5.74) is 2.62. The Morgan fingerprint density at radius 2 is 2.14 bits per heavy atom. The van der Waals surface area contributed by atoms with Crippen molar-refractivity contribution >= 4 is 11.7 Å². The topological polar surface area (TPSA) is 52.6 Å². The molecule has 1 aromatic carbocycles. The van der Waals surface area contributed by atoms with E-state index in [0.717, 1.165) is 36.1 Å². The van der Waals surface area contributed by atoms with Gasteiger partial charge < -0.3 is 15.3 Å². The molecule has 1 saturated heterocycles. The zero-order valence-corrected chi connectivity index (χ0v) is 14.1. The number of carbonyl (C=O) groups is 1. The third-order valence-electron chi connectivity index (χ3n) is 4.56. The first-order valence-corrected chi connectivity index (χ1v) is 8.15. The Morgan fingerprint density at radius 1 is 1.41 bits per heavy atom. The van der Waals surface area contributed by atoms with Crippen molar-refractivity contribution in [3.05, 3.63) is 29.3 Å². The SMILES string of the molecule is Cc1ccc(C)c(NC(=O)N2CCCC2(CO)CC(C)C)c1. The van der Waals surface area contributed by atoms with Gasteiger partial charge in [-0.05, 0) is 56.2 Å². The summed E-state index contributed by atoms with van der Waals surface area (Å²) >= 11 is 0. The molecule has 0 aliphatic carbocycles. The minimum absolute atomic E-state index is 0.0331. The Labute approximate surface area is 133 Å². The molecule has 2 amide bonds. The number of carbonyl (C=O) groups excluding carboxylic acids is 1. The van der Waals surface area contributed by atoms with Gasteiger partial charge in [0.2, 0.25) is 0 Å². The molecule has 22 heavy (non-hydrogen) atoms. The van der Waals surface area contributed by atoms with E-state index >= 15 is 0 Å². The number of hydrogen-bond donors (Lipinski definition) is 2. The standard InChI is InChI=1S/C18H28N2O2/c1-13(2)11-18(12-21)8-5-9-20(18)17(22)19-16-10-14(3)6-7-15(16)4/h6-7,10,13,21H,5,8-9,11-12H2,1-4H3,(H,19,22). The predicted octanol–water partition coefficient (Wildman–Crippen LogP) is 3.71. The highest BCUT2D eigenvalue weighted by Gasteiger charge is 2.43. The summed E-state index contributed by atoms with van der Waals surface area (Å²) < 4.78 is 0. The summed E-state index contributed by atoms with van der Waals surface area (Å²) in [4.78, 5) is 14.6. The van der Waals surface area contributed by atoms with Crippen LogP contribution in [0.2, 0.25) is 0 Å². The fourth-order valence-electron chi connectivity index (χ4n) is 3.51. The molecule has 1 fully saturated rings. The number of aryl methyl sites for hydroxylation is 2. The van der Waals surface area contributed by atoms with Crippen LogP contribution >= 0.6 is 0 Å². The smallest absolute Gasteiger partial charge is 0.322 e. The second-order valence-corrected chi connectivity index (χ2v) is 6.98. The molecule has 0 spiro atoms. The van der Waals surface area contributed by atoms with Crippen molar-refractivity contribution in [2.45, 2.75) is 52.5 Å². The number of nitrogens with zero attached hydrogens (tertiary/aromatic N) is 1. The average molecular weight is 304 g/mol. The summed E-state index contributed by atoms with van der Waals surface area (Å²) in [6.45, 7) is 9.02. The predicted molar refractivity (Wildman–Crippen MR) is 90.1 cm³/mol. The molecular weight excluding hydrogens is 276 g/mol. The van der Waals surface area contributed by atoms with Crippen molar-refractivity contribution in [2.24, 2.45) is 5.92 Å². The normalized spacial score (nSPS) is 21.5. The molecule has 4 nitrogen and oxygen atoms in total. The molecule has 1 aliphatic heterocycles. The number of anilines is 1. The van der Waals surface area contributed by atoms with E-state index in [9.17, 15) is 9.90 Å². The highest BCUT2D eigenvalue weighted by atomic mass is 16.3. The lowest BCUT2D eigenvalue weighted by molar-refractivity contribution is 0.0728. The first kappa shape index (κ1) is 16.8. The molecule has 1 heterocycles. The molecule has 0 aromatic heterocycles. The van der Waals surface area contributed by atoms with Crippen LogP contribution in [0, 0.1) is 19.8 Å². The van der Waals surface area contributed by atoms with E-state index in [1.807, 2.05) is 36.9 Å². The summed E-state index contributed by atoms with van der Waals surface area (Å²) in [5.74, 6) is 0.446. The lowest BCUT2D eigenvalue weighted by Crippen LogP contribution is -2.52. The number of amides is 2. The zero-order chi connectivity index (χ0) is 16.3. The number of benzene rings is 1. The van der Waals surface area contributed by atoms with Crippen molar-refractivity contribution in [3.63, 3.8) is 0 Å². The lowest BCUT2D eigenvalue weighted by atomic mass is 9.87. The van der Waals surface area contributed by atoms with E-state index in [4.69, 9.17) is 0 Å². The molecular formula is C18H28N2O2. The van der Waals surface area contributed by atoms with Gasteiger partial charge >= 0.3 is 6.03 Å². The van der Waals surface area contributed by atoms with Crippen LogP contribution in [0.15, 0.2) is 18.2 Å². The summed E-state index contributed by atoms with van der Waals surface area (Å²) in [6.07, 6.45) is 2.67. The van der Waals surface area contributed by atoms with Crippen LogP contribution in [0.1, 0.15) is 44.2 Å². The molecule has 2 N–H and O–H groups in total. The van der Waals surface area contributed by atoms with Crippen LogP contribution in [0.5, 0.6) is 0 Å². The van der Waals surface area contributed by atoms with E-state index in [2.05, 4.69) is 19.2 Å². The second kappa shape index (κ2) is 6.69. The summed E-state index contributed by atoms with van der Waals surface area (Å²) in [5, 5.41) is 13.0. The quantitative estimate of drug-likeness (QED) is 0.891. The Hall–Kier alpha value is -1.55.